The second-order valence-electron chi connectivity index (χ2n) is 4.50. The molecule has 4 nitrogen and oxygen atoms in total. The summed E-state index contributed by atoms with van der Waals surface area (Å²) in [6, 6.07) is 5.72. The summed E-state index contributed by atoms with van der Waals surface area (Å²) < 4.78 is 5.29. The minimum Gasteiger partial charge on any atom is -0.381 e. The molecule has 0 fully saturated rings. The highest BCUT2D eigenvalue weighted by molar-refractivity contribution is 5.91. The van der Waals surface area contributed by atoms with Crippen LogP contribution in [-0.2, 0) is 9.53 Å². The van der Waals surface area contributed by atoms with Crippen LogP contribution in [0.1, 0.15) is 30.9 Å². The van der Waals surface area contributed by atoms with Crippen molar-refractivity contribution in [2.24, 2.45) is 5.73 Å². The van der Waals surface area contributed by atoms with Crippen LogP contribution in [-0.4, -0.2) is 25.7 Å². The second-order valence-corrected chi connectivity index (χ2v) is 4.50. The third kappa shape index (κ3) is 6.37. The largest absolute Gasteiger partial charge is 0.381 e. The molecule has 0 spiro atoms. The smallest absolute Gasteiger partial charge is 0.226 e. The van der Waals surface area contributed by atoms with Crippen LogP contribution >= 0.6 is 0 Å². The molecule has 0 saturated carbocycles. The summed E-state index contributed by atoms with van der Waals surface area (Å²) in [5.74, 6) is 5.72. The third-order valence-electron chi connectivity index (χ3n) is 2.52. The molecule has 0 aromatic heterocycles. The number of amides is 1. The first-order valence-corrected chi connectivity index (χ1v) is 6.84. The van der Waals surface area contributed by atoms with E-state index in [4.69, 9.17) is 10.5 Å². The lowest BCUT2D eigenvalue weighted by atomic mass is 10.1. The Kier molecular flexibility index (Phi) is 7.41. The lowest BCUT2D eigenvalue weighted by molar-refractivity contribution is -0.117. The van der Waals surface area contributed by atoms with Crippen molar-refractivity contribution in [1.82, 2.24) is 0 Å². The molecule has 0 radical (unpaired) electrons. The molecule has 0 saturated heterocycles. The maximum Gasteiger partial charge on any atom is 0.226 e. The number of nitrogens with one attached hydrogen (secondary N) is 1. The Morgan fingerprint density at radius 1 is 1.35 bits per heavy atom. The number of carbonyl (C=O) groups is 1. The Balaban J connectivity index is 2.58. The highest BCUT2D eigenvalue weighted by atomic mass is 16.5. The van der Waals surface area contributed by atoms with E-state index in [9.17, 15) is 4.79 Å². The third-order valence-corrected chi connectivity index (χ3v) is 2.52. The van der Waals surface area contributed by atoms with Crippen LogP contribution in [0, 0.1) is 18.8 Å². The van der Waals surface area contributed by atoms with Crippen LogP contribution in [0.5, 0.6) is 0 Å². The molecule has 0 aliphatic heterocycles. The standard InChI is InChI=1S/C16H22N2O2/c1-3-8-20-9-6-16(19)18-15-11-13(2)10-14(12-15)5-4-7-17/h10-12H,3,6-9,17H2,1-2H3,(H,18,19). The van der Waals surface area contributed by atoms with E-state index in [1.165, 1.54) is 0 Å². The van der Waals surface area contributed by atoms with E-state index in [0.29, 0.717) is 26.2 Å². The van der Waals surface area contributed by atoms with E-state index in [-0.39, 0.29) is 5.91 Å². The van der Waals surface area contributed by atoms with E-state index in [2.05, 4.69) is 17.2 Å². The first-order valence-electron chi connectivity index (χ1n) is 6.84. The molecule has 0 atom stereocenters. The quantitative estimate of drug-likeness (QED) is 0.616. The van der Waals surface area contributed by atoms with Gasteiger partial charge in [-0.15, -0.1) is 0 Å². The normalized spacial score (nSPS) is 9.75. The van der Waals surface area contributed by atoms with E-state index in [1.807, 2.05) is 32.0 Å². The summed E-state index contributed by atoms with van der Waals surface area (Å²) in [7, 11) is 0. The van der Waals surface area contributed by atoms with Crippen molar-refractivity contribution in [3.05, 3.63) is 29.3 Å². The number of ether oxygens (including phenoxy) is 1. The molecule has 1 aromatic carbocycles. The summed E-state index contributed by atoms with van der Waals surface area (Å²) in [5, 5.41) is 2.86. The predicted molar refractivity (Wildman–Crippen MR) is 81.5 cm³/mol. The van der Waals surface area contributed by atoms with Gasteiger partial charge < -0.3 is 15.8 Å². The van der Waals surface area contributed by atoms with E-state index < -0.39 is 0 Å². The molecule has 0 bridgehead atoms. The highest BCUT2D eigenvalue weighted by Gasteiger charge is 2.03. The fraction of sp³-hybridized carbons (Fsp3) is 0.438. The number of carbonyl (C=O) groups excluding carboxylic acids is 1. The number of nitrogens with two attached hydrogens (primary N) is 1. The van der Waals surface area contributed by atoms with Gasteiger partial charge in [0.15, 0.2) is 0 Å². The van der Waals surface area contributed by atoms with Gasteiger partial charge in [0.2, 0.25) is 5.91 Å². The Hall–Kier alpha value is -1.83. The molecule has 1 amide bonds. The number of hydrogen-bond donors (Lipinski definition) is 2. The van der Waals surface area contributed by atoms with Crippen LogP contribution < -0.4 is 11.1 Å². The summed E-state index contributed by atoms with van der Waals surface area (Å²) in [4.78, 5) is 11.8. The van der Waals surface area contributed by atoms with Gasteiger partial charge in [-0.3, -0.25) is 4.79 Å². The maximum atomic E-state index is 11.8. The molecule has 1 aromatic rings. The Morgan fingerprint density at radius 3 is 2.85 bits per heavy atom. The molecule has 0 aliphatic rings. The van der Waals surface area contributed by atoms with Gasteiger partial charge in [-0.2, -0.15) is 0 Å². The molecule has 0 unspecified atom stereocenters. The van der Waals surface area contributed by atoms with E-state index in [0.717, 1.165) is 23.2 Å². The van der Waals surface area contributed by atoms with Crippen LogP contribution in [0.25, 0.3) is 0 Å². The SMILES string of the molecule is CCCOCCC(=O)Nc1cc(C)cc(C#CCN)c1. The molecule has 0 aliphatic carbocycles. The van der Waals surface area contributed by atoms with Crippen LogP contribution in [0.2, 0.25) is 0 Å². The number of anilines is 1. The summed E-state index contributed by atoms with van der Waals surface area (Å²) in [5.41, 5.74) is 8.01. The summed E-state index contributed by atoms with van der Waals surface area (Å²) in [6.45, 7) is 5.47. The van der Waals surface area contributed by atoms with Gasteiger partial charge in [0.1, 0.15) is 0 Å². The molecule has 1 rings (SSSR count). The van der Waals surface area contributed by atoms with Gasteiger partial charge in [-0.1, -0.05) is 18.8 Å². The van der Waals surface area contributed by atoms with Gasteiger partial charge >= 0.3 is 0 Å². The summed E-state index contributed by atoms with van der Waals surface area (Å²) in [6.07, 6.45) is 1.32. The molecule has 20 heavy (non-hydrogen) atoms. The Bertz CT molecular complexity index is 501. The van der Waals surface area contributed by atoms with Crippen molar-refractivity contribution < 1.29 is 9.53 Å². The zero-order chi connectivity index (χ0) is 14.8. The van der Waals surface area contributed by atoms with E-state index in [1.54, 1.807) is 0 Å². The second kappa shape index (κ2) is 9.13. The molecular weight excluding hydrogens is 252 g/mol. The summed E-state index contributed by atoms with van der Waals surface area (Å²) >= 11 is 0. The Labute approximate surface area is 120 Å². The van der Waals surface area contributed by atoms with Crippen LogP contribution in [0.4, 0.5) is 5.69 Å². The first kappa shape index (κ1) is 16.2. The fourth-order valence-electron chi connectivity index (χ4n) is 1.72. The Morgan fingerprint density at radius 2 is 2.15 bits per heavy atom. The lowest BCUT2D eigenvalue weighted by Gasteiger charge is -2.07. The molecule has 4 heteroatoms. The van der Waals surface area contributed by atoms with Crippen LogP contribution in [0.15, 0.2) is 18.2 Å². The topological polar surface area (TPSA) is 64.3 Å². The first-order chi connectivity index (χ1) is 9.65. The fourth-order valence-corrected chi connectivity index (χ4v) is 1.72. The maximum absolute atomic E-state index is 11.8. The number of rotatable bonds is 6. The lowest BCUT2D eigenvalue weighted by Crippen LogP contribution is -2.14. The van der Waals surface area contributed by atoms with Crippen molar-refractivity contribution in [2.75, 3.05) is 25.1 Å². The average Bonchev–Trinajstić information content (AvgIpc) is 2.41. The molecule has 3 N–H and O–H groups in total. The van der Waals surface area contributed by atoms with Crippen molar-refractivity contribution in [3.8, 4) is 11.8 Å². The molecule has 108 valence electrons. The van der Waals surface area contributed by atoms with Gasteiger partial charge in [0.25, 0.3) is 0 Å². The predicted octanol–water partition coefficient (Wildman–Crippen LogP) is 2.06. The number of aryl methyl sites for hydroxylation is 1. The van der Waals surface area contributed by atoms with Crippen LogP contribution in [0.3, 0.4) is 0 Å². The zero-order valence-electron chi connectivity index (χ0n) is 12.2. The van der Waals surface area contributed by atoms with Crippen molar-refractivity contribution in [3.63, 3.8) is 0 Å². The molecule has 0 heterocycles. The van der Waals surface area contributed by atoms with Gasteiger partial charge in [-0.25, -0.2) is 0 Å². The minimum atomic E-state index is -0.0514. The molecular formula is C16H22N2O2. The average molecular weight is 274 g/mol. The monoisotopic (exact) mass is 274 g/mol. The highest BCUT2D eigenvalue weighted by Crippen LogP contribution is 2.14. The van der Waals surface area contributed by atoms with E-state index >= 15 is 0 Å². The minimum absolute atomic E-state index is 0.0514. The van der Waals surface area contributed by atoms with Gasteiger partial charge in [-0.05, 0) is 37.1 Å². The zero-order valence-corrected chi connectivity index (χ0v) is 12.2. The van der Waals surface area contributed by atoms with Crippen molar-refractivity contribution in [1.29, 1.82) is 0 Å². The number of hydrogen-bond acceptors (Lipinski definition) is 3. The van der Waals surface area contributed by atoms with Crippen molar-refractivity contribution in [2.45, 2.75) is 26.7 Å². The number of benzene rings is 1. The van der Waals surface area contributed by atoms with Gasteiger partial charge in [0.05, 0.1) is 19.6 Å². The van der Waals surface area contributed by atoms with Crippen molar-refractivity contribution >= 4 is 11.6 Å². The van der Waals surface area contributed by atoms with Gasteiger partial charge in [0, 0.05) is 17.9 Å².